The SMILES string of the molecule is Cc1nc(/C(C#N)=C/c2ccc(N3CCCCC3)cc2)sc1N=Nc1ccccc1. The minimum absolute atomic E-state index is 0.537. The number of nitriles is 1. The van der Waals surface area contributed by atoms with Gasteiger partial charge in [-0.15, -0.1) is 10.2 Å². The average molecular weight is 414 g/mol. The van der Waals surface area contributed by atoms with Crippen LogP contribution < -0.4 is 4.90 Å². The number of aromatic nitrogens is 1. The lowest BCUT2D eigenvalue weighted by molar-refractivity contribution is 0.578. The van der Waals surface area contributed by atoms with E-state index in [0.29, 0.717) is 10.6 Å². The Labute approximate surface area is 181 Å². The summed E-state index contributed by atoms with van der Waals surface area (Å²) in [5.74, 6) is 0. The second-order valence-electron chi connectivity index (χ2n) is 7.25. The van der Waals surface area contributed by atoms with Gasteiger partial charge in [0.15, 0.2) is 5.00 Å². The lowest BCUT2D eigenvalue weighted by atomic mass is 10.1. The molecule has 0 bridgehead atoms. The van der Waals surface area contributed by atoms with Gasteiger partial charge in [-0.1, -0.05) is 41.7 Å². The molecule has 0 radical (unpaired) electrons. The molecule has 0 saturated carbocycles. The van der Waals surface area contributed by atoms with E-state index in [1.165, 1.54) is 36.3 Å². The molecular formula is C24H23N5S. The van der Waals surface area contributed by atoms with Crippen LogP contribution in [0, 0.1) is 18.3 Å². The summed E-state index contributed by atoms with van der Waals surface area (Å²) in [7, 11) is 0. The molecule has 150 valence electrons. The summed E-state index contributed by atoms with van der Waals surface area (Å²) in [6, 6.07) is 20.3. The third kappa shape index (κ3) is 4.81. The summed E-state index contributed by atoms with van der Waals surface area (Å²) < 4.78 is 0. The molecule has 1 aromatic heterocycles. The summed E-state index contributed by atoms with van der Waals surface area (Å²) in [6.07, 6.45) is 5.72. The fourth-order valence-electron chi connectivity index (χ4n) is 3.44. The smallest absolute Gasteiger partial charge is 0.162 e. The number of piperidine rings is 1. The van der Waals surface area contributed by atoms with Gasteiger partial charge in [0.1, 0.15) is 11.1 Å². The summed E-state index contributed by atoms with van der Waals surface area (Å²) in [5, 5.41) is 19.7. The molecule has 0 N–H and O–H groups in total. The van der Waals surface area contributed by atoms with Crippen LogP contribution in [0.5, 0.6) is 0 Å². The monoisotopic (exact) mass is 413 g/mol. The van der Waals surface area contributed by atoms with Gasteiger partial charge in [-0.05, 0) is 62.1 Å². The number of hydrogen-bond donors (Lipinski definition) is 0. The van der Waals surface area contributed by atoms with Crippen molar-refractivity contribution in [3.8, 4) is 6.07 Å². The maximum absolute atomic E-state index is 9.69. The number of hydrogen-bond acceptors (Lipinski definition) is 6. The Hall–Kier alpha value is -3.30. The highest BCUT2D eigenvalue weighted by molar-refractivity contribution is 7.16. The van der Waals surface area contributed by atoms with E-state index in [2.05, 4.69) is 50.4 Å². The van der Waals surface area contributed by atoms with Gasteiger partial charge in [0, 0.05) is 18.8 Å². The van der Waals surface area contributed by atoms with E-state index in [9.17, 15) is 5.26 Å². The molecule has 30 heavy (non-hydrogen) atoms. The number of nitrogens with zero attached hydrogens (tertiary/aromatic N) is 5. The average Bonchev–Trinajstić information content (AvgIpc) is 3.18. The molecule has 4 rings (SSSR count). The van der Waals surface area contributed by atoms with E-state index in [0.717, 1.165) is 35.0 Å². The molecule has 2 aromatic carbocycles. The van der Waals surface area contributed by atoms with E-state index in [-0.39, 0.29) is 0 Å². The van der Waals surface area contributed by atoms with Crippen molar-refractivity contribution in [3.05, 3.63) is 70.9 Å². The standard InChI is InChI=1S/C24H23N5S/c1-18-23(28-27-21-8-4-2-5-9-21)30-24(26-18)20(17-25)16-19-10-12-22(13-11-19)29-14-6-3-7-15-29/h2,4-5,8-13,16H,3,6-7,14-15H2,1H3/b20-16+,28-27?. The lowest BCUT2D eigenvalue weighted by Crippen LogP contribution is -2.29. The summed E-state index contributed by atoms with van der Waals surface area (Å²) in [6.45, 7) is 4.14. The first-order valence-electron chi connectivity index (χ1n) is 10.1. The Balaban J connectivity index is 1.53. The summed E-state index contributed by atoms with van der Waals surface area (Å²) in [4.78, 5) is 6.97. The molecule has 2 heterocycles. The van der Waals surface area contributed by atoms with Crippen molar-refractivity contribution >= 4 is 39.4 Å². The number of thiazole rings is 1. The molecule has 0 aliphatic carbocycles. The molecule has 1 fully saturated rings. The fraction of sp³-hybridized carbons (Fsp3) is 0.250. The molecule has 0 unspecified atom stereocenters. The van der Waals surface area contributed by atoms with Crippen molar-refractivity contribution in [2.24, 2.45) is 10.2 Å². The Bertz CT molecular complexity index is 1080. The van der Waals surface area contributed by atoms with Crippen molar-refractivity contribution in [2.45, 2.75) is 26.2 Å². The van der Waals surface area contributed by atoms with E-state index >= 15 is 0 Å². The Morgan fingerprint density at radius 3 is 2.47 bits per heavy atom. The maximum Gasteiger partial charge on any atom is 0.162 e. The van der Waals surface area contributed by atoms with Crippen LogP contribution in [-0.2, 0) is 0 Å². The summed E-state index contributed by atoms with van der Waals surface area (Å²) in [5.41, 5.74) is 4.34. The van der Waals surface area contributed by atoms with Crippen molar-refractivity contribution in [1.29, 1.82) is 5.26 Å². The Kier molecular flexibility index (Phi) is 6.31. The minimum Gasteiger partial charge on any atom is -0.372 e. The van der Waals surface area contributed by atoms with Crippen LogP contribution >= 0.6 is 11.3 Å². The first kappa shape index (κ1) is 20.0. The van der Waals surface area contributed by atoms with Crippen LogP contribution in [0.4, 0.5) is 16.4 Å². The fourth-order valence-corrected chi connectivity index (χ4v) is 4.29. The number of aryl methyl sites for hydroxylation is 1. The second kappa shape index (κ2) is 9.47. The molecule has 1 saturated heterocycles. The van der Waals surface area contributed by atoms with E-state index in [4.69, 9.17) is 0 Å². The zero-order valence-corrected chi connectivity index (χ0v) is 17.8. The topological polar surface area (TPSA) is 64.6 Å². The first-order valence-corrected chi connectivity index (χ1v) is 11.0. The van der Waals surface area contributed by atoms with E-state index in [1.807, 2.05) is 43.3 Å². The molecule has 5 nitrogen and oxygen atoms in total. The molecule has 1 aliphatic rings. The Morgan fingerprint density at radius 1 is 1.03 bits per heavy atom. The molecular weight excluding hydrogens is 390 g/mol. The quantitative estimate of drug-likeness (QED) is 0.337. The van der Waals surface area contributed by atoms with Crippen LogP contribution in [0.3, 0.4) is 0 Å². The maximum atomic E-state index is 9.69. The molecule has 1 aliphatic heterocycles. The van der Waals surface area contributed by atoms with Gasteiger partial charge in [-0.25, -0.2) is 4.98 Å². The van der Waals surface area contributed by atoms with Gasteiger partial charge in [0.2, 0.25) is 0 Å². The van der Waals surface area contributed by atoms with E-state index < -0.39 is 0 Å². The number of allylic oxidation sites excluding steroid dienone is 1. The predicted molar refractivity (Wildman–Crippen MR) is 123 cm³/mol. The van der Waals surface area contributed by atoms with Gasteiger partial charge >= 0.3 is 0 Å². The predicted octanol–water partition coefficient (Wildman–Crippen LogP) is 6.92. The van der Waals surface area contributed by atoms with Gasteiger partial charge < -0.3 is 4.90 Å². The van der Waals surface area contributed by atoms with Gasteiger partial charge in [0.25, 0.3) is 0 Å². The highest BCUT2D eigenvalue weighted by Crippen LogP contribution is 2.33. The Morgan fingerprint density at radius 2 is 1.77 bits per heavy atom. The van der Waals surface area contributed by atoms with Gasteiger partial charge in [-0.3, -0.25) is 0 Å². The third-order valence-corrected chi connectivity index (χ3v) is 6.14. The van der Waals surface area contributed by atoms with Crippen LogP contribution in [0.25, 0.3) is 11.6 Å². The normalized spacial score (nSPS) is 14.8. The number of anilines is 1. The zero-order chi connectivity index (χ0) is 20.8. The highest BCUT2D eigenvalue weighted by atomic mass is 32.1. The third-order valence-electron chi connectivity index (χ3n) is 5.06. The zero-order valence-electron chi connectivity index (χ0n) is 17.0. The van der Waals surface area contributed by atoms with Crippen molar-refractivity contribution in [3.63, 3.8) is 0 Å². The van der Waals surface area contributed by atoms with Crippen molar-refractivity contribution in [1.82, 2.24) is 4.98 Å². The van der Waals surface area contributed by atoms with Crippen molar-refractivity contribution in [2.75, 3.05) is 18.0 Å². The number of rotatable bonds is 5. The highest BCUT2D eigenvalue weighted by Gasteiger charge is 2.13. The largest absolute Gasteiger partial charge is 0.372 e. The van der Waals surface area contributed by atoms with E-state index in [1.54, 1.807) is 0 Å². The molecule has 0 amide bonds. The minimum atomic E-state index is 0.537. The van der Waals surface area contributed by atoms with Gasteiger partial charge in [-0.2, -0.15) is 5.26 Å². The van der Waals surface area contributed by atoms with Crippen LogP contribution in [0.1, 0.15) is 35.5 Å². The second-order valence-corrected chi connectivity index (χ2v) is 8.23. The molecule has 3 aromatic rings. The van der Waals surface area contributed by atoms with Crippen LogP contribution in [0.2, 0.25) is 0 Å². The first-order chi connectivity index (χ1) is 14.7. The summed E-state index contributed by atoms with van der Waals surface area (Å²) >= 11 is 1.39. The van der Waals surface area contributed by atoms with Crippen molar-refractivity contribution < 1.29 is 0 Å². The van der Waals surface area contributed by atoms with Crippen LogP contribution in [0.15, 0.2) is 64.8 Å². The molecule has 6 heteroatoms. The molecule has 0 spiro atoms. The van der Waals surface area contributed by atoms with Crippen LogP contribution in [-0.4, -0.2) is 18.1 Å². The number of benzene rings is 2. The molecule has 0 atom stereocenters. The van der Waals surface area contributed by atoms with Gasteiger partial charge in [0.05, 0.1) is 17.0 Å². The lowest BCUT2D eigenvalue weighted by Gasteiger charge is -2.28. The number of azo groups is 1.